The monoisotopic (exact) mass is 152 g/mol. The van der Waals surface area contributed by atoms with E-state index in [1.807, 2.05) is 18.2 Å². The quantitative estimate of drug-likeness (QED) is 0.591. The molecule has 1 aromatic rings. The molecule has 2 rings (SSSR count). The third-order valence-electron chi connectivity index (χ3n) is 1.80. The Morgan fingerprint density at radius 3 is 2.55 bits per heavy atom. The van der Waals surface area contributed by atoms with Gasteiger partial charge in [-0.15, -0.1) is 0 Å². The lowest BCUT2D eigenvalue weighted by Crippen LogP contribution is -1.98. The first-order valence-corrected chi connectivity index (χ1v) is 3.68. The third kappa shape index (κ3) is 1.40. The molecule has 0 N–H and O–H groups in total. The minimum Gasteiger partial charge on any atom is -0.370 e. The summed E-state index contributed by atoms with van der Waals surface area (Å²) >= 11 is 0. The molecule has 1 saturated heterocycles. The molecular weight excluding hydrogens is 143 g/mol. The molecule has 1 nitrogen and oxygen atoms in total. The zero-order chi connectivity index (χ0) is 7.68. The first kappa shape index (κ1) is 6.80. The summed E-state index contributed by atoms with van der Waals surface area (Å²) in [6, 6.07) is 9.12. The topological polar surface area (TPSA) is 12.5 Å². The van der Waals surface area contributed by atoms with Crippen LogP contribution in [0.5, 0.6) is 0 Å². The second kappa shape index (κ2) is 2.62. The summed E-state index contributed by atoms with van der Waals surface area (Å²) in [7, 11) is 0. The normalized spacial score (nSPS) is 24.6. The molecule has 0 radical (unpaired) electrons. The van der Waals surface area contributed by atoms with Gasteiger partial charge in [0.05, 0.1) is 6.61 Å². The SMILES string of the molecule is FC(c1ccccc1)[C@H]1CO1. The van der Waals surface area contributed by atoms with Crippen molar-refractivity contribution in [2.24, 2.45) is 0 Å². The third-order valence-corrected chi connectivity index (χ3v) is 1.80. The van der Waals surface area contributed by atoms with Gasteiger partial charge in [0, 0.05) is 0 Å². The van der Waals surface area contributed by atoms with Crippen LogP contribution in [0.3, 0.4) is 0 Å². The van der Waals surface area contributed by atoms with Gasteiger partial charge in [-0.05, 0) is 5.56 Å². The van der Waals surface area contributed by atoms with Crippen molar-refractivity contribution in [2.45, 2.75) is 12.3 Å². The van der Waals surface area contributed by atoms with Crippen LogP contribution in [0.1, 0.15) is 11.7 Å². The van der Waals surface area contributed by atoms with Crippen molar-refractivity contribution in [1.29, 1.82) is 0 Å². The van der Waals surface area contributed by atoms with E-state index < -0.39 is 6.17 Å². The second-order valence-corrected chi connectivity index (χ2v) is 2.68. The van der Waals surface area contributed by atoms with Crippen LogP contribution in [0.2, 0.25) is 0 Å². The smallest absolute Gasteiger partial charge is 0.153 e. The Balaban J connectivity index is 2.15. The van der Waals surface area contributed by atoms with E-state index in [0.29, 0.717) is 6.61 Å². The molecule has 11 heavy (non-hydrogen) atoms. The maximum Gasteiger partial charge on any atom is 0.153 e. The Morgan fingerprint density at radius 2 is 2.00 bits per heavy atom. The number of alkyl halides is 1. The highest BCUT2D eigenvalue weighted by molar-refractivity contribution is 5.19. The van der Waals surface area contributed by atoms with Crippen molar-refractivity contribution < 1.29 is 9.13 Å². The molecule has 1 unspecified atom stereocenters. The van der Waals surface area contributed by atoms with Gasteiger partial charge in [0.15, 0.2) is 6.17 Å². The molecule has 0 amide bonds. The average molecular weight is 152 g/mol. The number of ether oxygens (including phenoxy) is 1. The summed E-state index contributed by atoms with van der Waals surface area (Å²) in [4.78, 5) is 0. The summed E-state index contributed by atoms with van der Waals surface area (Å²) in [5.74, 6) is 0. The highest BCUT2D eigenvalue weighted by atomic mass is 19.1. The Labute approximate surface area is 64.8 Å². The summed E-state index contributed by atoms with van der Waals surface area (Å²) in [5, 5.41) is 0. The molecule has 58 valence electrons. The summed E-state index contributed by atoms with van der Waals surface area (Å²) < 4.78 is 18.0. The molecule has 0 bridgehead atoms. The molecule has 1 aliphatic heterocycles. The van der Waals surface area contributed by atoms with Crippen LogP contribution in [0, 0.1) is 0 Å². The molecule has 1 aromatic carbocycles. The van der Waals surface area contributed by atoms with Crippen molar-refractivity contribution in [2.75, 3.05) is 6.61 Å². The molecule has 1 aliphatic rings. The summed E-state index contributed by atoms with van der Waals surface area (Å²) in [6.45, 7) is 0.566. The Hall–Kier alpha value is -0.890. The fourth-order valence-electron chi connectivity index (χ4n) is 1.08. The van der Waals surface area contributed by atoms with Gasteiger partial charge < -0.3 is 4.74 Å². The van der Waals surface area contributed by atoms with Crippen molar-refractivity contribution >= 4 is 0 Å². The minimum absolute atomic E-state index is 0.183. The molecule has 0 saturated carbocycles. The number of benzene rings is 1. The highest BCUT2D eigenvalue weighted by Gasteiger charge is 2.33. The second-order valence-electron chi connectivity index (χ2n) is 2.68. The van der Waals surface area contributed by atoms with Gasteiger partial charge in [-0.2, -0.15) is 0 Å². The van der Waals surface area contributed by atoms with E-state index in [0.717, 1.165) is 5.56 Å². The predicted molar refractivity (Wildman–Crippen MR) is 40.0 cm³/mol. The van der Waals surface area contributed by atoms with Gasteiger partial charge in [0.25, 0.3) is 0 Å². The van der Waals surface area contributed by atoms with Crippen LogP contribution >= 0.6 is 0 Å². The van der Waals surface area contributed by atoms with Crippen LogP contribution in [-0.2, 0) is 4.74 Å². The van der Waals surface area contributed by atoms with Gasteiger partial charge in [0.2, 0.25) is 0 Å². The van der Waals surface area contributed by atoms with Gasteiger partial charge in [-0.1, -0.05) is 30.3 Å². The van der Waals surface area contributed by atoms with Gasteiger partial charge in [-0.25, -0.2) is 4.39 Å². The molecule has 1 fully saturated rings. The fourth-order valence-corrected chi connectivity index (χ4v) is 1.08. The molecule has 2 atom stereocenters. The number of epoxide rings is 1. The van der Waals surface area contributed by atoms with E-state index in [9.17, 15) is 4.39 Å². The van der Waals surface area contributed by atoms with E-state index in [1.165, 1.54) is 0 Å². The Morgan fingerprint density at radius 1 is 1.36 bits per heavy atom. The largest absolute Gasteiger partial charge is 0.370 e. The number of hydrogen-bond donors (Lipinski definition) is 0. The zero-order valence-corrected chi connectivity index (χ0v) is 6.03. The van der Waals surface area contributed by atoms with E-state index >= 15 is 0 Å². The maximum atomic E-state index is 13.2. The van der Waals surface area contributed by atoms with E-state index in [4.69, 9.17) is 4.74 Å². The van der Waals surface area contributed by atoms with Crippen LogP contribution in [-0.4, -0.2) is 12.7 Å². The lowest BCUT2D eigenvalue weighted by Gasteiger charge is -2.02. The maximum absolute atomic E-state index is 13.2. The summed E-state index contributed by atoms with van der Waals surface area (Å²) in [5.41, 5.74) is 0.718. The van der Waals surface area contributed by atoms with Crippen molar-refractivity contribution in [1.82, 2.24) is 0 Å². The molecule has 0 aromatic heterocycles. The zero-order valence-electron chi connectivity index (χ0n) is 6.03. The van der Waals surface area contributed by atoms with Crippen LogP contribution in [0.15, 0.2) is 30.3 Å². The van der Waals surface area contributed by atoms with Gasteiger partial charge in [-0.3, -0.25) is 0 Å². The van der Waals surface area contributed by atoms with Crippen molar-refractivity contribution in [3.63, 3.8) is 0 Å². The molecule has 0 aliphatic carbocycles. The molecule has 1 heterocycles. The minimum atomic E-state index is -0.934. The van der Waals surface area contributed by atoms with E-state index in [-0.39, 0.29) is 6.10 Å². The summed E-state index contributed by atoms with van der Waals surface area (Å²) in [6.07, 6.45) is -1.12. The van der Waals surface area contributed by atoms with Crippen LogP contribution < -0.4 is 0 Å². The fraction of sp³-hybridized carbons (Fsp3) is 0.333. The van der Waals surface area contributed by atoms with E-state index in [2.05, 4.69) is 0 Å². The first-order chi connectivity index (χ1) is 5.38. The van der Waals surface area contributed by atoms with Crippen molar-refractivity contribution in [3.05, 3.63) is 35.9 Å². The Kier molecular flexibility index (Phi) is 1.62. The lowest BCUT2D eigenvalue weighted by atomic mass is 10.1. The van der Waals surface area contributed by atoms with Crippen molar-refractivity contribution in [3.8, 4) is 0 Å². The molecular formula is C9H9FO. The number of hydrogen-bond acceptors (Lipinski definition) is 1. The standard InChI is InChI=1S/C9H9FO/c10-9(8-6-11-8)7-4-2-1-3-5-7/h1-5,8-9H,6H2/t8-,9?/m1/s1. The lowest BCUT2D eigenvalue weighted by molar-refractivity contribution is 0.253. The highest BCUT2D eigenvalue weighted by Crippen LogP contribution is 2.30. The van der Waals surface area contributed by atoms with Crippen LogP contribution in [0.25, 0.3) is 0 Å². The first-order valence-electron chi connectivity index (χ1n) is 3.68. The number of rotatable bonds is 2. The predicted octanol–water partition coefficient (Wildman–Crippen LogP) is 2.10. The molecule has 2 heteroatoms. The molecule has 0 spiro atoms. The average Bonchev–Trinajstić information content (AvgIpc) is 2.87. The van der Waals surface area contributed by atoms with E-state index in [1.54, 1.807) is 12.1 Å². The Bertz CT molecular complexity index is 231. The van der Waals surface area contributed by atoms with Gasteiger partial charge >= 0.3 is 0 Å². The van der Waals surface area contributed by atoms with Gasteiger partial charge in [0.1, 0.15) is 6.10 Å². The number of halogens is 1. The van der Waals surface area contributed by atoms with Crippen LogP contribution in [0.4, 0.5) is 4.39 Å².